The molecule has 44 heavy (non-hydrogen) atoms. The van der Waals surface area contributed by atoms with Crippen molar-refractivity contribution in [3.05, 3.63) is 89.5 Å². The molecular weight excluding hydrogens is 591 g/mol. The second-order valence-electron chi connectivity index (χ2n) is 9.51. The molecule has 0 unspecified atom stereocenters. The molecule has 13 heteroatoms. The summed E-state index contributed by atoms with van der Waals surface area (Å²) < 4.78 is 86.1. The number of benzene rings is 3. The Morgan fingerprint density at radius 1 is 0.727 bits per heavy atom. The highest BCUT2D eigenvalue weighted by Gasteiger charge is 2.34. The van der Waals surface area contributed by atoms with Crippen LogP contribution in [0, 0.1) is 0 Å². The third kappa shape index (κ3) is 11.8. The van der Waals surface area contributed by atoms with Crippen LogP contribution in [0.5, 0.6) is 11.5 Å². The number of nitrogens with two attached hydrogens (primary N) is 2. The second-order valence-corrected chi connectivity index (χ2v) is 9.51. The van der Waals surface area contributed by atoms with E-state index in [9.17, 15) is 31.5 Å². The number of esters is 2. The van der Waals surface area contributed by atoms with E-state index in [4.69, 9.17) is 30.4 Å². The van der Waals surface area contributed by atoms with Gasteiger partial charge < -0.3 is 30.4 Å². The number of unbranched alkanes of at least 4 members (excludes halogenated alkanes) is 1. The molecule has 3 rings (SSSR count). The molecule has 0 aliphatic carbocycles. The molecule has 0 aliphatic heterocycles. The molecule has 0 radical (unpaired) electrons. The van der Waals surface area contributed by atoms with E-state index in [1.807, 2.05) is 0 Å². The molecule has 0 amide bonds. The molecule has 0 aromatic heterocycles. The summed E-state index contributed by atoms with van der Waals surface area (Å²) in [6.07, 6.45) is -5.88. The predicted molar refractivity (Wildman–Crippen MR) is 153 cm³/mol. The van der Waals surface area contributed by atoms with Crippen LogP contribution < -0.4 is 20.9 Å². The van der Waals surface area contributed by atoms with E-state index >= 15 is 0 Å². The lowest BCUT2D eigenvalue weighted by atomic mass is 10.2. The van der Waals surface area contributed by atoms with Gasteiger partial charge in [0.1, 0.15) is 11.5 Å². The fourth-order valence-corrected chi connectivity index (χ4v) is 3.70. The topological polar surface area (TPSA) is 123 Å². The molecule has 3 aromatic rings. The van der Waals surface area contributed by atoms with Crippen molar-refractivity contribution < 1.29 is 50.5 Å². The Hall–Kier alpha value is -4.81. The molecule has 0 heterocycles. The van der Waals surface area contributed by atoms with Gasteiger partial charge in [-0.05, 0) is 79.1 Å². The number of halogens is 5. The number of carbonyl (C=O) groups is 2. The Morgan fingerprint density at radius 3 is 1.98 bits per heavy atom. The lowest BCUT2D eigenvalue weighted by Gasteiger charge is -2.18. The van der Waals surface area contributed by atoms with Crippen LogP contribution in [0.4, 0.5) is 33.3 Å². The Morgan fingerprint density at radius 2 is 1.34 bits per heavy atom. The van der Waals surface area contributed by atoms with Gasteiger partial charge in [-0.15, -0.1) is 0 Å². The average Bonchev–Trinajstić information content (AvgIpc) is 2.95. The van der Waals surface area contributed by atoms with Crippen molar-refractivity contribution in [3.63, 3.8) is 0 Å². The zero-order chi connectivity index (χ0) is 32.2. The minimum Gasteiger partial charge on any atom is -0.494 e. The highest BCUT2D eigenvalue weighted by Crippen LogP contribution is 2.33. The summed E-state index contributed by atoms with van der Waals surface area (Å²) in [6.45, 7) is 0.0234. The average molecular weight is 623 g/mol. The Balaban J connectivity index is 1.38. The standard InChI is InChI=1S/C31H31F5N2O6/c32-30(33,34)14-1-2-15-41-26-11-7-23(8-12-26)31(35,36)44-27-9-4-21(5-10-27)6-13-28(39)42-16-3-17-43-29(40)22-18-24(37)20-25(38)19-22/h4-13,18-20H,1-3,14-17,37-38H2. The van der Waals surface area contributed by atoms with Crippen LogP contribution in [0.25, 0.3) is 6.08 Å². The molecule has 8 nitrogen and oxygen atoms in total. The maximum atomic E-state index is 14.6. The van der Waals surface area contributed by atoms with E-state index in [2.05, 4.69) is 0 Å². The second kappa shape index (κ2) is 15.6. The van der Waals surface area contributed by atoms with Crippen molar-refractivity contribution in [2.75, 3.05) is 31.3 Å². The third-order valence-electron chi connectivity index (χ3n) is 5.83. The van der Waals surface area contributed by atoms with Gasteiger partial charge in [-0.3, -0.25) is 0 Å². The van der Waals surface area contributed by atoms with Crippen LogP contribution in [-0.4, -0.2) is 37.9 Å². The van der Waals surface area contributed by atoms with Gasteiger partial charge in [-0.1, -0.05) is 12.1 Å². The summed E-state index contributed by atoms with van der Waals surface area (Å²) >= 11 is 0. The normalized spacial score (nSPS) is 11.8. The fourth-order valence-electron chi connectivity index (χ4n) is 3.70. The van der Waals surface area contributed by atoms with Gasteiger partial charge in [0.25, 0.3) is 0 Å². The third-order valence-corrected chi connectivity index (χ3v) is 5.83. The van der Waals surface area contributed by atoms with E-state index in [-0.39, 0.29) is 56.1 Å². The van der Waals surface area contributed by atoms with Gasteiger partial charge in [0, 0.05) is 30.3 Å². The van der Waals surface area contributed by atoms with Gasteiger partial charge in [0.15, 0.2) is 0 Å². The Bertz CT molecular complexity index is 1390. The first-order chi connectivity index (χ1) is 20.8. The molecule has 0 saturated heterocycles. The number of anilines is 2. The summed E-state index contributed by atoms with van der Waals surface area (Å²) in [7, 11) is 0. The fraction of sp³-hybridized carbons (Fsp3) is 0.290. The van der Waals surface area contributed by atoms with Crippen LogP contribution in [0.2, 0.25) is 0 Å². The number of alkyl halides is 5. The number of nitrogen functional groups attached to an aromatic ring is 2. The van der Waals surface area contributed by atoms with Gasteiger partial charge in [-0.2, -0.15) is 22.0 Å². The number of rotatable bonds is 15. The SMILES string of the molecule is Nc1cc(N)cc(C(=O)OCCCOC(=O)C=Cc2ccc(OC(F)(F)c3ccc(OCCCCC(F)(F)F)cc3)cc2)c1. The van der Waals surface area contributed by atoms with E-state index in [0.29, 0.717) is 16.9 Å². The largest absolute Gasteiger partial charge is 0.494 e. The summed E-state index contributed by atoms with van der Waals surface area (Å²) in [4.78, 5) is 24.0. The number of hydrogen-bond acceptors (Lipinski definition) is 8. The highest BCUT2D eigenvalue weighted by molar-refractivity contribution is 5.91. The van der Waals surface area contributed by atoms with Crippen LogP contribution in [-0.2, 0) is 20.4 Å². The Kier molecular flexibility index (Phi) is 11.9. The van der Waals surface area contributed by atoms with E-state index in [1.54, 1.807) is 0 Å². The number of carbonyl (C=O) groups excluding carboxylic acids is 2. The first-order valence-corrected chi connectivity index (χ1v) is 13.5. The number of ether oxygens (including phenoxy) is 4. The van der Waals surface area contributed by atoms with Crippen molar-refractivity contribution in [2.24, 2.45) is 0 Å². The Labute approximate surface area is 250 Å². The van der Waals surface area contributed by atoms with Gasteiger partial charge in [0.05, 0.1) is 30.9 Å². The molecule has 0 spiro atoms. The van der Waals surface area contributed by atoms with Gasteiger partial charge in [-0.25, -0.2) is 9.59 Å². The zero-order valence-corrected chi connectivity index (χ0v) is 23.4. The van der Waals surface area contributed by atoms with Crippen LogP contribution in [0.1, 0.15) is 47.2 Å². The van der Waals surface area contributed by atoms with E-state index < -0.39 is 36.2 Å². The predicted octanol–water partition coefficient (Wildman–Crippen LogP) is 6.89. The summed E-state index contributed by atoms with van der Waals surface area (Å²) in [5.41, 5.74) is 12.2. The molecule has 236 valence electrons. The zero-order valence-electron chi connectivity index (χ0n) is 23.4. The molecular formula is C31H31F5N2O6. The van der Waals surface area contributed by atoms with Crippen molar-refractivity contribution in [1.29, 1.82) is 0 Å². The quantitative estimate of drug-likeness (QED) is 0.0618. The van der Waals surface area contributed by atoms with Crippen molar-refractivity contribution in [3.8, 4) is 11.5 Å². The van der Waals surface area contributed by atoms with Crippen molar-refractivity contribution >= 4 is 29.4 Å². The summed E-state index contributed by atoms with van der Waals surface area (Å²) in [6, 6.07) is 14.7. The first-order valence-electron chi connectivity index (χ1n) is 13.5. The minimum absolute atomic E-state index is 0.00288. The molecule has 0 aliphatic rings. The molecule has 0 fully saturated rings. The van der Waals surface area contributed by atoms with Crippen molar-refractivity contribution in [2.45, 2.75) is 38.0 Å². The summed E-state index contributed by atoms with van der Waals surface area (Å²) in [5.74, 6) is -1.15. The highest BCUT2D eigenvalue weighted by atomic mass is 19.4. The lowest BCUT2D eigenvalue weighted by Crippen LogP contribution is -2.21. The van der Waals surface area contributed by atoms with Gasteiger partial charge >= 0.3 is 24.2 Å². The first kappa shape index (κ1) is 33.7. The van der Waals surface area contributed by atoms with E-state index in [1.165, 1.54) is 60.7 Å². The van der Waals surface area contributed by atoms with Crippen LogP contribution in [0.15, 0.2) is 72.8 Å². The maximum absolute atomic E-state index is 14.6. The van der Waals surface area contributed by atoms with Crippen LogP contribution in [0.3, 0.4) is 0 Å². The summed E-state index contributed by atoms with van der Waals surface area (Å²) in [5, 5.41) is 0. The van der Waals surface area contributed by atoms with Crippen LogP contribution >= 0.6 is 0 Å². The monoisotopic (exact) mass is 622 g/mol. The smallest absolute Gasteiger partial charge is 0.426 e. The molecule has 3 aromatic carbocycles. The van der Waals surface area contributed by atoms with Gasteiger partial charge in [0.2, 0.25) is 0 Å². The molecule has 0 saturated carbocycles. The minimum atomic E-state index is -4.23. The van der Waals surface area contributed by atoms with E-state index in [0.717, 1.165) is 18.2 Å². The number of hydrogen-bond donors (Lipinski definition) is 2. The lowest BCUT2D eigenvalue weighted by molar-refractivity contribution is -0.185. The molecule has 0 bridgehead atoms. The molecule has 0 atom stereocenters. The van der Waals surface area contributed by atoms with Crippen molar-refractivity contribution in [1.82, 2.24) is 0 Å². The maximum Gasteiger partial charge on any atom is 0.426 e. The molecule has 4 N–H and O–H groups in total.